The Morgan fingerprint density at radius 2 is 2.19 bits per heavy atom. The van der Waals surface area contributed by atoms with E-state index in [0.717, 1.165) is 5.56 Å². The third kappa shape index (κ3) is 3.40. The molecular weight excluding hydrogens is 243 g/mol. The number of nitrogens with two attached hydrogens (primary N) is 1. The van der Waals surface area contributed by atoms with E-state index in [1.807, 2.05) is 6.92 Å². The van der Waals surface area contributed by atoms with Crippen LogP contribution >= 0.6 is 23.2 Å². The van der Waals surface area contributed by atoms with Crippen LogP contribution in [-0.2, 0) is 0 Å². The Morgan fingerprint density at radius 1 is 1.50 bits per heavy atom. The van der Waals surface area contributed by atoms with Gasteiger partial charge < -0.3 is 5.73 Å². The Bertz CT molecular complexity index is 398. The van der Waals surface area contributed by atoms with E-state index >= 15 is 0 Å². The van der Waals surface area contributed by atoms with Crippen LogP contribution < -0.4 is 11.1 Å². The number of terminal acetylenes is 1. The molecule has 0 aliphatic carbocycles. The van der Waals surface area contributed by atoms with Crippen molar-refractivity contribution in [1.82, 2.24) is 5.32 Å². The van der Waals surface area contributed by atoms with Gasteiger partial charge in [-0.25, -0.2) is 0 Å². The zero-order chi connectivity index (χ0) is 12.1. The van der Waals surface area contributed by atoms with Crippen LogP contribution in [-0.4, -0.2) is 12.6 Å². The molecule has 0 spiro atoms. The predicted molar refractivity (Wildman–Crippen MR) is 69.7 cm³/mol. The van der Waals surface area contributed by atoms with Gasteiger partial charge in [0.2, 0.25) is 0 Å². The van der Waals surface area contributed by atoms with Gasteiger partial charge in [0.1, 0.15) is 0 Å². The van der Waals surface area contributed by atoms with Gasteiger partial charge >= 0.3 is 0 Å². The van der Waals surface area contributed by atoms with Crippen molar-refractivity contribution < 1.29 is 0 Å². The van der Waals surface area contributed by atoms with Gasteiger partial charge in [-0.1, -0.05) is 29.1 Å². The molecule has 2 unspecified atom stereocenters. The largest absolute Gasteiger partial charge is 0.329 e. The zero-order valence-corrected chi connectivity index (χ0v) is 10.5. The van der Waals surface area contributed by atoms with Crippen LogP contribution in [0.1, 0.15) is 18.5 Å². The molecule has 86 valence electrons. The van der Waals surface area contributed by atoms with Crippen LogP contribution in [0.15, 0.2) is 18.2 Å². The van der Waals surface area contributed by atoms with E-state index in [1.54, 1.807) is 18.2 Å². The minimum atomic E-state index is -0.0859. The molecule has 0 saturated heterocycles. The summed E-state index contributed by atoms with van der Waals surface area (Å²) >= 11 is 12.0. The SMILES string of the molecule is C#CC(C)NC(CN)c1cc(Cl)ccc1Cl. The maximum atomic E-state index is 6.09. The summed E-state index contributed by atoms with van der Waals surface area (Å²) in [5.41, 5.74) is 6.57. The molecule has 0 aliphatic heterocycles. The van der Waals surface area contributed by atoms with Crippen molar-refractivity contribution in [2.75, 3.05) is 6.54 Å². The molecule has 0 saturated carbocycles. The first-order valence-corrected chi connectivity index (χ1v) is 5.71. The summed E-state index contributed by atoms with van der Waals surface area (Å²) < 4.78 is 0. The minimum absolute atomic E-state index is 0.0661. The summed E-state index contributed by atoms with van der Waals surface area (Å²) in [6.07, 6.45) is 5.31. The summed E-state index contributed by atoms with van der Waals surface area (Å²) in [6.45, 7) is 2.30. The van der Waals surface area contributed by atoms with Crippen LogP contribution in [0.2, 0.25) is 10.0 Å². The van der Waals surface area contributed by atoms with Crippen LogP contribution in [0, 0.1) is 12.3 Å². The quantitative estimate of drug-likeness (QED) is 0.814. The lowest BCUT2D eigenvalue weighted by molar-refractivity contribution is 0.518. The average Bonchev–Trinajstić information content (AvgIpc) is 2.29. The second-order valence-corrected chi connectivity index (χ2v) is 4.35. The van der Waals surface area contributed by atoms with Crippen LogP contribution in [0.4, 0.5) is 0 Å². The highest BCUT2D eigenvalue weighted by atomic mass is 35.5. The zero-order valence-electron chi connectivity index (χ0n) is 9.00. The molecule has 4 heteroatoms. The Hall–Kier alpha value is -0.720. The van der Waals surface area contributed by atoms with Gasteiger partial charge in [0.15, 0.2) is 0 Å². The van der Waals surface area contributed by atoms with Gasteiger partial charge in [0, 0.05) is 22.6 Å². The van der Waals surface area contributed by atoms with Crippen molar-refractivity contribution in [3.8, 4) is 12.3 Å². The third-order valence-electron chi connectivity index (χ3n) is 2.27. The maximum Gasteiger partial charge on any atom is 0.0663 e. The first kappa shape index (κ1) is 13.3. The molecular formula is C12H14Cl2N2. The number of halogens is 2. The molecule has 2 atom stereocenters. The lowest BCUT2D eigenvalue weighted by Crippen LogP contribution is -2.34. The van der Waals surface area contributed by atoms with Crippen molar-refractivity contribution >= 4 is 23.2 Å². The van der Waals surface area contributed by atoms with E-state index < -0.39 is 0 Å². The van der Waals surface area contributed by atoms with Crippen molar-refractivity contribution in [2.24, 2.45) is 5.73 Å². The summed E-state index contributed by atoms with van der Waals surface area (Å²) in [5, 5.41) is 4.46. The molecule has 2 nitrogen and oxygen atoms in total. The fourth-order valence-corrected chi connectivity index (χ4v) is 1.85. The highest BCUT2D eigenvalue weighted by molar-refractivity contribution is 6.33. The number of benzene rings is 1. The lowest BCUT2D eigenvalue weighted by atomic mass is 10.1. The Labute approximate surface area is 106 Å². The third-order valence-corrected chi connectivity index (χ3v) is 2.85. The maximum absolute atomic E-state index is 6.09. The number of rotatable bonds is 4. The molecule has 0 heterocycles. The molecule has 0 aliphatic rings. The second kappa shape index (κ2) is 6.12. The van der Waals surface area contributed by atoms with Gasteiger partial charge in [-0.3, -0.25) is 5.32 Å². The van der Waals surface area contributed by atoms with Crippen molar-refractivity contribution in [2.45, 2.75) is 19.0 Å². The molecule has 1 aromatic carbocycles. The molecule has 0 radical (unpaired) electrons. The Morgan fingerprint density at radius 3 is 2.75 bits per heavy atom. The fourth-order valence-electron chi connectivity index (χ4n) is 1.42. The van der Waals surface area contributed by atoms with Crippen LogP contribution in [0.25, 0.3) is 0 Å². The van der Waals surface area contributed by atoms with Crippen molar-refractivity contribution in [1.29, 1.82) is 0 Å². The van der Waals surface area contributed by atoms with Crippen molar-refractivity contribution in [3.63, 3.8) is 0 Å². The normalized spacial score (nSPS) is 14.2. The minimum Gasteiger partial charge on any atom is -0.329 e. The molecule has 16 heavy (non-hydrogen) atoms. The number of hydrogen-bond donors (Lipinski definition) is 2. The van der Waals surface area contributed by atoms with E-state index in [9.17, 15) is 0 Å². The molecule has 0 aromatic heterocycles. The Kier molecular flexibility index (Phi) is 5.11. The smallest absolute Gasteiger partial charge is 0.0663 e. The monoisotopic (exact) mass is 256 g/mol. The van der Waals surface area contributed by atoms with Gasteiger partial charge in [0.25, 0.3) is 0 Å². The van der Waals surface area contributed by atoms with Crippen LogP contribution in [0.3, 0.4) is 0 Å². The molecule has 1 rings (SSSR count). The van der Waals surface area contributed by atoms with Gasteiger partial charge in [-0.15, -0.1) is 6.42 Å². The first-order chi connectivity index (χ1) is 7.58. The summed E-state index contributed by atoms with van der Waals surface area (Å²) in [7, 11) is 0. The standard InChI is InChI=1S/C12H14Cl2N2/c1-3-8(2)16-12(7-15)10-6-9(13)4-5-11(10)14/h1,4-6,8,12,16H,7,15H2,2H3. The first-order valence-electron chi connectivity index (χ1n) is 4.95. The molecule has 1 aromatic rings. The van der Waals surface area contributed by atoms with E-state index in [1.165, 1.54) is 0 Å². The van der Waals surface area contributed by atoms with Crippen LogP contribution in [0.5, 0.6) is 0 Å². The summed E-state index contributed by atoms with van der Waals surface area (Å²) in [4.78, 5) is 0. The number of nitrogens with one attached hydrogen (secondary N) is 1. The summed E-state index contributed by atoms with van der Waals surface area (Å²) in [6, 6.07) is 5.15. The number of hydrogen-bond acceptors (Lipinski definition) is 2. The highest BCUT2D eigenvalue weighted by Gasteiger charge is 2.15. The average molecular weight is 257 g/mol. The highest BCUT2D eigenvalue weighted by Crippen LogP contribution is 2.26. The van der Waals surface area contributed by atoms with Gasteiger partial charge in [-0.05, 0) is 30.7 Å². The van der Waals surface area contributed by atoms with E-state index in [-0.39, 0.29) is 12.1 Å². The van der Waals surface area contributed by atoms with E-state index in [4.69, 9.17) is 35.4 Å². The molecule has 0 amide bonds. The topological polar surface area (TPSA) is 38.0 Å². The molecule has 3 N–H and O–H groups in total. The second-order valence-electron chi connectivity index (χ2n) is 3.51. The lowest BCUT2D eigenvalue weighted by Gasteiger charge is -2.20. The fraction of sp³-hybridized carbons (Fsp3) is 0.333. The molecule has 0 bridgehead atoms. The Balaban J connectivity index is 2.95. The summed E-state index contributed by atoms with van der Waals surface area (Å²) in [5.74, 6) is 2.59. The van der Waals surface area contributed by atoms with E-state index in [2.05, 4.69) is 11.2 Å². The molecule has 0 fully saturated rings. The van der Waals surface area contributed by atoms with Gasteiger partial charge in [-0.2, -0.15) is 0 Å². The van der Waals surface area contributed by atoms with Gasteiger partial charge in [0.05, 0.1) is 6.04 Å². The van der Waals surface area contributed by atoms with E-state index in [0.29, 0.717) is 16.6 Å². The predicted octanol–water partition coefficient (Wildman–Crippen LogP) is 2.60. The van der Waals surface area contributed by atoms with Crippen molar-refractivity contribution in [3.05, 3.63) is 33.8 Å².